The van der Waals surface area contributed by atoms with Crippen LogP contribution >= 0.6 is 11.8 Å². The normalized spacial score (nSPS) is 11.4. The monoisotopic (exact) mass is 245 g/mol. The van der Waals surface area contributed by atoms with Crippen LogP contribution < -0.4 is 0 Å². The molecular formula is C14H15NOS. The number of carbonyl (C=O) groups excluding carboxylic acids is 1. The first kappa shape index (κ1) is 12.0. The van der Waals surface area contributed by atoms with Gasteiger partial charge in [-0.1, -0.05) is 36.0 Å². The number of benzene rings is 1. The summed E-state index contributed by atoms with van der Waals surface area (Å²) in [6.45, 7) is 3.70. The van der Waals surface area contributed by atoms with E-state index in [4.69, 9.17) is 0 Å². The third-order valence-corrected chi connectivity index (χ3v) is 3.39. The number of thioether (sulfide) groups is 1. The third kappa shape index (κ3) is 2.80. The number of aromatic amines is 1. The Balaban J connectivity index is 2.22. The Morgan fingerprint density at radius 3 is 3.06 bits per heavy atom. The molecule has 1 N–H and O–H groups in total. The lowest BCUT2D eigenvalue weighted by atomic mass is 10.1. The van der Waals surface area contributed by atoms with E-state index < -0.39 is 0 Å². The van der Waals surface area contributed by atoms with Crippen molar-refractivity contribution in [3.8, 4) is 0 Å². The molecule has 2 rings (SSSR count). The second-order valence-corrected chi connectivity index (χ2v) is 5.14. The molecule has 0 aliphatic heterocycles. The Kier molecular flexibility index (Phi) is 3.69. The van der Waals surface area contributed by atoms with Gasteiger partial charge in [0.15, 0.2) is 5.12 Å². The summed E-state index contributed by atoms with van der Waals surface area (Å²) in [4.78, 5) is 14.0. The molecule has 2 nitrogen and oxygen atoms in total. The minimum Gasteiger partial charge on any atom is -0.361 e. The summed E-state index contributed by atoms with van der Waals surface area (Å²) in [6.07, 6.45) is 6.11. The van der Waals surface area contributed by atoms with Crippen molar-refractivity contribution in [1.29, 1.82) is 0 Å². The molecule has 0 unspecified atom stereocenters. The van der Waals surface area contributed by atoms with Gasteiger partial charge in [0.1, 0.15) is 0 Å². The zero-order valence-electron chi connectivity index (χ0n) is 9.99. The summed E-state index contributed by atoms with van der Waals surface area (Å²) in [7, 11) is 0. The molecule has 0 spiro atoms. The van der Waals surface area contributed by atoms with Crippen LogP contribution in [-0.2, 0) is 4.79 Å². The summed E-state index contributed by atoms with van der Waals surface area (Å²) in [5, 5.41) is 1.42. The predicted octanol–water partition coefficient (Wildman–Crippen LogP) is 3.77. The van der Waals surface area contributed by atoms with E-state index in [9.17, 15) is 4.79 Å². The highest BCUT2D eigenvalue weighted by Crippen LogP contribution is 2.23. The molecule has 1 aromatic carbocycles. The van der Waals surface area contributed by atoms with Gasteiger partial charge in [-0.05, 0) is 24.1 Å². The second-order valence-electron chi connectivity index (χ2n) is 3.95. The Morgan fingerprint density at radius 2 is 2.29 bits per heavy atom. The summed E-state index contributed by atoms with van der Waals surface area (Å²) in [6, 6.07) is 6.23. The Labute approximate surface area is 105 Å². The number of carbonyl (C=O) groups is 1. The molecule has 0 saturated heterocycles. The molecule has 0 atom stereocenters. The largest absolute Gasteiger partial charge is 0.361 e. The zero-order valence-corrected chi connectivity index (χ0v) is 10.8. The fourth-order valence-electron chi connectivity index (χ4n) is 1.87. The fourth-order valence-corrected chi connectivity index (χ4v) is 2.30. The van der Waals surface area contributed by atoms with Crippen molar-refractivity contribution >= 4 is 33.9 Å². The number of hydrogen-bond acceptors (Lipinski definition) is 2. The predicted molar refractivity (Wildman–Crippen MR) is 75.2 cm³/mol. The van der Waals surface area contributed by atoms with Crippen LogP contribution in [0.3, 0.4) is 0 Å². The molecule has 0 fully saturated rings. The first-order valence-corrected chi connectivity index (χ1v) is 6.53. The van der Waals surface area contributed by atoms with E-state index in [1.807, 2.05) is 18.3 Å². The van der Waals surface area contributed by atoms with Crippen LogP contribution in [0.2, 0.25) is 0 Å². The van der Waals surface area contributed by atoms with Gasteiger partial charge in [0, 0.05) is 29.8 Å². The van der Waals surface area contributed by atoms with Crippen LogP contribution in [0.15, 0.2) is 30.5 Å². The highest BCUT2D eigenvalue weighted by atomic mass is 32.2. The van der Waals surface area contributed by atoms with Gasteiger partial charge >= 0.3 is 0 Å². The Bertz CT molecular complexity index is 569. The van der Waals surface area contributed by atoms with E-state index in [-0.39, 0.29) is 5.12 Å². The van der Waals surface area contributed by atoms with Gasteiger partial charge in [0.2, 0.25) is 0 Å². The summed E-state index contributed by atoms with van der Waals surface area (Å²) < 4.78 is 0. The van der Waals surface area contributed by atoms with E-state index in [0.29, 0.717) is 0 Å². The smallest absolute Gasteiger partial charge is 0.186 e. The lowest BCUT2D eigenvalue weighted by molar-refractivity contribution is -0.109. The highest BCUT2D eigenvalue weighted by molar-refractivity contribution is 8.13. The minimum absolute atomic E-state index is 0.157. The Hall–Kier alpha value is -1.48. The second kappa shape index (κ2) is 5.23. The molecule has 0 radical (unpaired) electrons. The fraction of sp³-hybridized carbons (Fsp3) is 0.214. The van der Waals surface area contributed by atoms with Crippen molar-refractivity contribution in [2.45, 2.75) is 13.8 Å². The average Bonchev–Trinajstić information content (AvgIpc) is 2.69. The molecule has 1 aromatic heterocycles. The maximum Gasteiger partial charge on any atom is 0.186 e. The average molecular weight is 245 g/mol. The SMILES string of the molecule is CC(=O)SCC=Cc1c[nH]c2cccc(C)c12. The quantitative estimate of drug-likeness (QED) is 0.892. The first-order chi connectivity index (χ1) is 8.18. The Morgan fingerprint density at radius 1 is 1.47 bits per heavy atom. The molecule has 0 aliphatic rings. The van der Waals surface area contributed by atoms with Crippen molar-refractivity contribution in [3.05, 3.63) is 41.6 Å². The summed E-state index contributed by atoms with van der Waals surface area (Å²) in [5.41, 5.74) is 3.61. The number of rotatable bonds is 3. The summed E-state index contributed by atoms with van der Waals surface area (Å²) in [5.74, 6) is 0.730. The van der Waals surface area contributed by atoms with Crippen molar-refractivity contribution in [1.82, 2.24) is 4.98 Å². The van der Waals surface area contributed by atoms with Crippen LogP contribution in [-0.4, -0.2) is 15.9 Å². The van der Waals surface area contributed by atoms with E-state index in [0.717, 1.165) is 11.3 Å². The third-order valence-electron chi connectivity index (χ3n) is 2.62. The topological polar surface area (TPSA) is 32.9 Å². The van der Waals surface area contributed by atoms with Gasteiger partial charge in [-0.15, -0.1) is 0 Å². The number of H-pyrrole nitrogens is 1. The number of aryl methyl sites for hydroxylation is 1. The van der Waals surface area contributed by atoms with Crippen molar-refractivity contribution < 1.29 is 4.79 Å². The van der Waals surface area contributed by atoms with Gasteiger partial charge in [-0.2, -0.15) is 0 Å². The molecule has 0 amide bonds. The van der Waals surface area contributed by atoms with E-state index in [2.05, 4.69) is 30.1 Å². The van der Waals surface area contributed by atoms with Crippen molar-refractivity contribution in [2.24, 2.45) is 0 Å². The molecule has 2 aromatic rings. The standard InChI is InChI=1S/C14H15NOS/c1-10-5-3-7-13-14(10)12(9-15-13)6-4-8-17-11(2)16/h3-7,9,15H,8H2,1-2H3. The van der Waals surface area contributed by atoms with Crippen LogP contribution in [0.25, 0.3) is 17.0 Å². The van der Waals surface area contributed by atoms with Gasteiger partial charge in [0.25, 0.3) is 0 Å². The van der Waals surface area contributed by atoms with Gasteiger partial charge < -0.3 is 4.98 Å². The maximum atomic E-state index is 10.8. The summed E-state index contributed by atoms with van der Waals surface area (Å²) >= 11 is 1.33. The van der Waals surface area contributed by atoms with E-state index in [1.165, 1.54) is 28.3 Å². The van der Waals surface area contributed by atoms with E-state index >= 15 is 0 Å². The van der Waals surface area contributed by atoms with Gasteiger partial charge in [0.05, 0.1) is 0 Å². The molecule has 0 bridgehead atoms. The van der Waals surface area contributed by atoms with Crippen LogP contribution in [0.1, 0.15) is 18.1 Å². The number of aromatic nitrogens is 1. The van der Waals surface area contributed by atoms with Gasteiger partial charge in [-0.3, -0.25) is 4.79 Å². The van der Waals surface area contributed by atoms with Crippen LogP contribution in [0.5, 0.6) is 0 Å². The zero-order chi connectivity index (χ0) is 12.3. The van der Waals surface area contributed by atoms with Crippen molar-refractivity contribution in [3.63, 3.8) is 0 Å². The number of fused-ring (bicyclic) bond motifs is 1. The first-order valence-electron chi connectivity index (χ1n) is 5.55. The minimum atomic E-state index is 0.157. The number of hydrogen-bond donors (Lipinski definition) is 1. The van der Waals surface area contributed by atoms with E-state index in [1.54, 1.807) is 6.92 Å². The molecule has 1 heterocycles. The molecule has 0 aliphatic carbocycles. The highest BCUT2D eigenvalue weighted by Gasteiger charge is 2.02. The van der Waals surface area contributed by atoms with Crippen molar-refractivity contribution in [2.75, 3.05) is 5.75 Å². The molecule has 3 heteroatoms. The number of nitrogens with one attached hydrogen (secondary N) is 1. The molecule has 88 valence electrons. The molecule has 17 heavy (non-hydrogen) atoms. The maximum absolute atomic E-state index is 10.8. The lowest BCUT2D eigenvalue weighted by Gasteiger charge is -1.97. The molecule has 0 saturated carbocycles. The molecular weight excluding hydrogens is 230 g/mol. The van der Waals surface area contributed by atoms with Gasteiger partial charge in [-0.25, -0.2) is 0 Å². The lowest BCUT2D eigenvalue weighted by Crippen LogP contribution is -1.81. The van der Waals surface area contributed by atoms with Crippen LogP contribution in [0, 0.1) is 6.92 Å². The van der Waals surface area contributed by atoms with Crippen LogP contribution in [0.4, 0.5) is 0 Å².